The van der Waals surface area contributed by atoms with Crippen LogP contribution in [0.15, 0.2) is 47.0 Å². The summed E-state index contributed by atoms with van der Waals surface area (Å²) in [5.74, 6) is -5.97. The van der Waals surface area contributed by atoms with E-state index >= 15 is 8.78 Å². The Morgan fingerprint density at radius 3 is 2.79 bits per heavy atom. The number of piperidine rings is 1. The van der Waals surface area contributed by atoms with Gasteiger partial charge in [0.25, 0.3) is 11.8 Å². The van der Waals surface area contributed by atoms with Crippen molar-refractivity contribution >= 4 is 23.2 Å². The molecule has 10 nitrogen and oxygen atoms in total. The molecule has 196 valence electrons. The highest BCUT2D eigenvalue weighted by Crippen LogP contribution is 2.40. The lowest BCUT2D eigenvalue weighted by molar-refractivity contribution is -0.539. The van der Waals surface area contributed by atoms with E-state index in [4.69, 9.17) is 15.2 Å². The van der Waals surface area contributed by atoms with Gasteiger partial charge >= 0.3 is 0 Å². The molecule has 2 heterocycles. The first-order valence-electron chi connectivity index (χ1n) is 11.9. The normalized spacial score (nSPS) is 16.5. The Morgan fingerprint density at radius 2 is 2.11 bits per heavy atom. The van der Waals surface area contributed by atoms with Crippen LogP contribution in [0.5, 0.6) is 0 Å². The summed E-state index contributed by atoms with van der Waals surface area (Å²) in [6.07, 6.45) is -0.0988. The lowest BCUT2D eigenvalue weighted by atomic mass is 9.92. The van der Waals surface area contributed by atoms with E-state index < -0.39 is 36.7 Å². The van der Waals surface area contributed by atoms with E-state index in [-0.39, 0.29) is 35.8 Å². The van der Waals surface area contributed by atoms with Crippen LogP contribution in [0.3, 0.4) is 0 Å². The van der Waals surface area contributed by atoms with Crippen LogP contribution in [0.1, 0.15) is 46.6 Å². The van der Waals surface area contributed by atoms with E-state index in [1.54, 1.807) is 25.1 Å². The van der Waals surface area contributed by atoms with Crippen LogP contribution in [-0.2, 0) is 4.79 Å². The molecule has 0 spiro atoms. The number of likely N-dealkylation sites (tertiary alicyclic amines) is 1. The van der Waals surface area contributed by atoms with E-state index in [1.165, 1.54) is 24.3 Å². The van der Waals surface area contributed by atoms with Crippen LogP contribution in [0.2, 0.25) is 0 Å². The molecule has 0 bridgehead atoms. The van der Waals surface area contributed by atoms with Crippen LogP contribution in [0.25, 0.3) is 11.4 Å². The van der Waals surface area contributed by atoms with Crippen molar-refractivity contribution in [2.24, 2.45) is 0 Å². The fourth-order valence-corrected chi connectivity index (χ4v) is 4.33. The van der Waals surface area contributed by atoms with Gasteiger partial charge in [-0.05, 0) is 43.7 Å². The molecule has 3 aromatic rings. The Kier molecular flexibility index (Phi) is 7.59. The van der Waals surface area contributed by atoms with Gasteiger partial charge in [-0.25, -0.2) is 8.78 Å². The number of carbonyl (C=O) groups excluding carboxylic acids is 2. The lowest BCUT2D eigenvalue weighted by Gasteiger charge is -2.36. The van der Waals surface area contributed by atoms with Gasteiger partial charge in [0, 0.05) is 29.4 Å². The zero-order valence-corrected chi connectivity index (χ0v) is 20.8. The molecule has 1 aliphatic heterocycles. The predicted molar refractivity (Wildman–Crippen MR) is 132 cm³/mol. The number of quaternary nitrogens is 1. The van der Waals surface area contributed by atoms with Crippen LogP contribution in [0.4, 0.5) is 14.5 Å². The highest BCUT2D eigenvalue weighted by atomic mass is 19.3. The summed E-state index contributed by atoms with van der Waals surface area (Å²) in [5, 5.41) is 25.0. The highest BCUT2D eigenvalue weighted by molar-refractivity contribution is 6.00. The van der Waals surface area contributed by atoms with Gasteiger partial charge in [0.15, 0.2) is 0 Å². The SMILES string of the molecule is C[NH2+]c1cc(-c2noc(C3CCN(C(=O)CNC(=O)c4cccc(C#N)c4)CC3(F)F)n2)ccc1C(C)=N. The predicted octanol–water partition coefficient (Wildman–Crippen LogP) is 2.20. The maximum absolute atomic E-state index is 15.1. The average Bonchev–Trinajstić information content (AvgIpc) is 3.40. The van der Waals surface area contributed by atoms with Crippen molar-refractivity contribution in [3.05, 3.63) is 65.0 Å². The minimum Gasteiger partial charge on any atom is -0.343 e. The Morgan fingerprint density at radius 1 is 1.32 bits per heavy atom. The summed E-state index contributed by atoms with van der Waals surface area (Å²) in [5.41, 5.74) is 2.99. The van der Waals surface area contributed by atoms with Gasteiger partial charge in [-0.1, -0.05) is 11.2 Å². The number of hydrogen-bond acceptors (Lipinski definition) is 7. The third kappa shape index (κ3) is 5.57. The van der Waals surface area contributed by atoms with E-state index in [0.29, 0.717) is 11.3 Å². The summed E-state index contributed by atoms with van der Waals surface area (Å²) < 4.78 is 35.4. The monoisotopic (exact) mass is 522 g/mol. The van der Waals surface area contributed by atoms with Crippen molar-refractivity contribution in [1.29, 1.82) is 10.7 Å². The number of nitriles is 1. The third-order valence-corrected chi connectivity index (χ3v) is 6.37. The fraction of sp³-hybridized carbons (Fsp3) is 0.308. The molecule has 1 saturated heterocycles. The molecule has 1 aromatic heterocycles. The van der Waals surface area contributed by atoms with Crippen LogP contribution >= 0.6 is 0 Å². The summed E-state index contributed by atoms with van der Waals surface area (Å²) in [4.78, 5) is 30.1. The first-order chi connectivity index (χ1) is 18.1. The number of aromatic nitrogens is 2. The third-order valence-electron chi connectivity index (χ3n) is 6.37. The average molecular weight is 523 g/mol. The largest absolute Gasteiger partial charge is 0.343 e. The van der Waals surface area contributed by atoms with Crippen molar-refractivity contribution < 1.29 is 28.2 Å². The molecule has 1 fully saturated rings. The molecule has 1 unspecified atom stereocenters. The number of nitrogens with zero attached hydrogens (tertiary/aromatic N) is 4. The van der Waals surface area contributed by atoms with Gasteiger partial charge in [0.05, 0.1) is 37.3 Å². The first-order valence-corrected chi connectivity index (χ1v) is 11.9. The van der Waals surface area contributed by atoms with Crippen LogP contribution in [0, 0.1) is 16.7 Å². The van der Waals surface area contributed by atoms with Crippen molar-refractivity contribution in [3.63, 3.8) is 0 Å². The number of nitrogens with one attached hydrogen (secondary N) is 2. The molecule has 0 aliphatic carbocycles. The van der Waals surface area contributed by atoms with E-state index in [1.807, 2.05) is 18.4 Å². The molecule has 38 heavy (non-hydrogen) atoms. The van der Waals surface area contributed by atoms with Gasteiger partial charge < -0.3 is 25.5 Å². The number of amides is 2. The first kappa shape index (κ1) is 26.6. The van der Waals surface area contributed by atoms with E-state index in [0.717, 1.165) is 16.2 Å². The van der Waals surface area contributed by atoms with Crippen LogP contribution < -0.4 is 10.6 Å². The smallest absolute Gasteiger partial charge is 0.276 e. The second-order valence-electron chi connectivity index (χ2n) is 8.96. The molecular weight excluding hydrogens is 496 g/mol. The molecule has 0 radical (unpaired) electrons. The van der Waals surface area contributed by atoms with Crippen LogP contribution in [-0.4, -0.2) is 65.2 Å². The summed E-state index contributed by atoms with van der Waals surface area (Å²) in [6, 6.07) is 13.1. The summed E-state index contributed by atoms with van der Waals surface area (Å²) in [6.45, 7) is 0.397. The number of alkyl halides is 2. The molecule has 4 rings (SSSR count). The molecule has 2 amide bonds. The Labute approximate surface area is 217 Å². The zero-order valence-electron chi connectivity index (χ0n) is 20.8. The van der Waals surface area contributed by atoms with E-state index in [9.17, 15) is 9.59 Å². The standard InChI is InChI=1S/C26H25F2N7O3/c1-15(30)19-7-6-17(11-21(19)31-2)23-33-25(38-34-23)20-8-9-35(14-26(20,27)28)22(36)13-32-24(37)18-5-3-4-16(10-18)12-29/h3-7,10-11,20,30-31H,8-9,13-14H2,1-2H3,(H,32,37)/p+1. The number of benzene rings is 2. The molecule has 4 N–H and O–H groups in total. The molecule has 2 aromatic carbocycles. The lowest BCUT2D eigenvalue weighted by Crippen LogP contribution is -2.73. The van der Waals surface area contributed by atoms with Gasteiger partial charge in [0.1, 0.15) is 11.6 Å². The number of hydrogen-bond donors (Lipinski definition) is 3. The molecule has 1 aliphatic rings. The second kappa shape index (κ2) is 10.9. The number of rotatable bonds is 7. The Hall–Kier alpha value is -4.50. The topological polar surface area (TPSA) is 153 Å². The molecule has 1 atom stereocenters. The Bertz CT molecular complexity index is 1430. The molecule has 0 saturated carbocycles. The number of nitrogens with two attached hydrogens (primary N) is 1. The number of carbonyl (C=O) groups is 2. The van der Waals surface area contributed by atoms with E-state index in [2.05, 4.69) is 15.5 Å². The number of halogens is 2. The van der Waals surface area contributed by atoms with Crippen molar-refractivity contribution in [2.45, 2.75) is 25.2 Å². The van der Waals surface area contributed by atoms with Gasteiger partial charge in [-0.2, -0.15) is 10.2 Å². The van der Waals surface area contributed by atoms with Gasteiger partial charge in [-0.3, -0.25) is 9.59 Å². The van der Waals surface area contributed by atoms with Gasteiger partial charge in [-0.15, -0.1) is 0 Å². The summed E-state index contributed by atoms with van der Waals surface area (Å²) >= 11 is 0. The molecule has 12 heteroatoms. The minimum atomic E-state index is -3.33. The molecular formula is C26H26F2N7O3+. The summed E-state index contributed by atoms with van der Waals surface area (Å²) in [7, 11) is 1.83. The van der Waals surface area contributed by atoms with Crippen molar-refractivity contribution in [1.82, 2.24) is 20.4 Å². The van der Waals surface area contributed by atoms with Gasteiger partial charge in [0.2, 0.25) is 17.6 Å². The fourth-order valence-electron chi connectivity index (χ4n) is 4.33. The maximum atomic E-state index is 15.1. The minimum absolute atomic E-state index is 0.0266. The van der Waals surface area contributed by atoms with Crippen molar-refractivity contribution in [2.75, 3.05) is 26.7 Å². The Balaban J connectivity index is 1.40. The maximum Gasteiger partial charge on any atom is 0.276 e. The highest BCUT2D eigenvalue weighted by Gasteiger charge is 2.49. The van der Waals surface area contributed by atoms with Crippen molar-refractivity contribution in [3.8, 4) is 17.5 Å². The second-order valence-corrected chi connectivity index (χ2v) is 8.96. The quantitative estimate of drug-likeness (QED) is 0.320. The zero-order chi connectivity index (χ0) is 27.4.